The number of hydrogen-bond donors (Lipinski definition) is 3. The van der Waals surface area contributed by atoms with Crippen LogP contribution in [0.4, 0.5) is 11.4 Å². The van der Waals surface area contributed by atoms with Crippen molar-refractivity contribution in [3.8, 4) is 5.75 Å². The van der Waals surface area contributed by atoms with Gasteiger partial charge in [-0.2, -0.15) is 0 Å². The molecule has 3 N–H and O–H groups in total. The van der Waals surface area contributed by atoms with Crippen LogP contribution in [0.15, 0.2) is 65.1 Å². The second kappa shape index (κ2) is 10.4. The Kier molecular flexibility index (Phi) is 7.61. The van der Waals surface area contributed by atoms with Gasteiger partial charge in [0.2, 0.25) is 0 Å². The maximum absolute atomic E-state index is 12.7. The highest BCUT2D eigenvalue weighted by Gasteiger charge is 2.17. The number of nitrogens with one attached hydrogen (secondary N) is 3. The van der Waals surface area contributed by atoms with Crippen LogP contribution in [0.5, 0.6) is 5.75 Å². The maximum Gasteiger partial charge on any atom is 0.261 e. The molecule has 0 saturated heterocycles. The van der Waals surface area contributed by atoms with Crippen molar-refractivity contribution in [2.24, 2.45) is 0 Å². The summed E-state index contributed by atoms with van der Waals surface area (Å²) >= 11 is 8.69. The monoisotopic (exact) mass is 511 g/mol. The summed E-state index contributed by atoms with van der Waals surface area (Å²) in [5.41, 5.74) is 3.90. The molecular formula is C24H22BrN3O3S. The Morgan fingerprint density at radius 3 is 2.22 bits per heavy atom. The predicted octanol–water partition coefficient (Wildman–Crippen LogP) is 5.45. The molecule has 32 heavy (non-hydrogen) atoms. The molecule has 0 aliphatic rings. The Bertz CT molecular complexity index is 1200. The Hall–Kier alpha value is -3.23. The summed E-state index contributed by atoms with van der Waals surface area (Å²) in [6.07, 6.45) is 0. The first-order valence-corrected chi connectivity index (χ1v) is 10.9. The largest absolute Gasteiger partial charge is 0.496 e. The average molecular weight is 512 g/mol. The first-order valence-electron chi connectivity index (χ1n) is 9.72. The summed E-state index contributed by atoms with van der Waals surface area (Å²) in [5, 5.41) is 8.63. The summed E-state index contributed by atoms with van der Waals surface area (Å²) in [6, 6.07) is 18.0. The van der Waals surface area contributed by atoms with Gasteiger partial charge in [-0.15, -0.1) is 0 Å². The zero-order valence-electron chi connectivity index (χ0n) is 17.8. The van der Waals surface area contributed by atoms with E-state index in [1.54, 1.807) is 36.4 Å². The fraction of sp³-hybridized carbons (Fsp3) is 0.125. The highest BCUT2D eigenvalue weighted by atomic mass is 79.9. The van der Waals surface area contributed by atoms with Gasteiger partial charge >= 0.3 is 0 Å². The molecule has 3 aromatic carbocycles. The molecule has 2 amide bonds. The quantitative estimate of drug-likeness (QED) is 0.396. The normalized spacial score (nSPS) is 10.2. The summed E-state index contributed by atoms with van der Waals surface area (Å²) in [7, 11) is 1.51. The van der Waals surface area contributed by atoms with Crippen molar-refractivity contribution in [3.63, 3.8) is 0 Å². The van der Waals surface area contributed by atoms with Crippen molar-refractivity contribution in [2.45, 2.75) is 13.8 Å². The highest BCUT2D eigenvalue weighted by Crippen LogP contribution is 2.27. The van der Waals surface area contributed by atoms with Gasteiger partial charge in [0, 0.05) is 21.4 Å². The van der Waals surface area contributed by atoms with E-state index in [4.69, 9.17) is 17.0 Å². The van der Waals surface area contributed by atoms with Crippen LogP contribution in [-0.4, -0.2) is 24.0 Å². The third kappa shape index (κ3) is 5.72. The molecule has 0 unspecified atom stereocenters. The number of hydrogen-bond acceptors (Lipinski definition) is 4. The number of carbonyl (C=O) groups excluding carboxylic acids is 2. The van der Waals surface area contributed by atoms with Crippen LogP contribution >= 0.6 is 28.1 Å². The van der Waals surface area contributed by atoms with E-state index in [1.165, 1.54) is 7.11 Å². The van der Waals surface area contributed by atoms with E-state index in [0.717, 1.165) is 15.6 Å². The fourth-order valence-electron chi connectivity index (χ4n) is 3.20. The number of anilines is 2. The molecule has 0 aliphatic heterocycles. The number of benzene rings is 3. The van der Waals surface area contributed by atoms with Gasteiger partial charge in [0.05, 0.1) is 12.7 Å². The second-order valence-electron chi connectivity index (χ2n) is 7.06. The Balaban J connectivity index is 1.68. The van der Waals surface area contributed by atoms with Crippen LogP contribution in [0, 0.1) is 13.8 Å². The molecule has 0 radical (unpaired) electrons. The minimum Gasteiger partial charge on any atom is -0.496 e. The first-order chi connectivity index (χ1) is 15.3. The van der Waals surface area contributed by atoms with Gasteiger partial charge < -0.3 is 15.4 Å². The van der Waals surface area contributed by atoms with E-state index >= 15 is 0 Å². The molecule has 8 heteroatoms. The Morgan fingerprint density at radius 2 is 1.53 bits per heavy atom. The average Bonchev–Trinajstić information content (AvgIpc) is 2.73. The molecule has 0 aliphatic carbocycles. The van der Waals surface area contributed by atoms with Gasteiger partial charge in [-0.1, -0.05) is 40.2 Å². The molecular weight excluding hydrogens is 490 g/mol. The van der Waals surface area contributed by atoms with E-state index in [9.17, 15) is 9.59 Å². The minimum absolute atomic E-state index is 0.122. The predicted molar refractivity (Wildman–Crippen MR) is 135 cm³/mol. The van der Waals surface area contributed by atoms with Crippen molar-refractivity contribution < 1.29 is 14.3 Å². The van der Waals surface area contributed by atoms with Gasteiger partial charge in [0.1, 0.15) is 5.75 Å². The number of rotatable bonds is 5. The third-order valence-electron chi connectivity index (χ3n) is 4.68. The number of amides is 2. The van der Waals surface area contributed by atoms with E-state index in [0.29, 0.717) is 28.3 Å². The van der Waals surface area contributed by atoms with Gasteiger partial charge in [-0.05, 0) is 73.6 Å². The smallest absolute Gasteiger partial charge is 0.261 e. The standard InChI is InChI=1S/C24H22BrN3O3S/c1-14-7-4-5-10-19(14)22(29)26-17-8-6-9-18(13-17)27-24(32)28-23(30)20-12-16(25)11-15(2)21(20)31-3/h4-13H,1-3H3,(H,26,29)(H2,27,28,30,32). The molecule has 0 bridgehead atoms. The minimum atomic E-state index is -0.396. The van der Waals surface area contributed by atoms with Crippen LogP contribution in [0.1, 0.15) is 31.8 Å². The molecule has 3 rings (SSSR count). The van der Waals surface area contributed by atoms with Crippen LogP contribution in [0.25, 0.3) is 0 Å². The topological polar surface area (TPSA) is 79.5 Å². The molecule has 0 aromatic heterocycles. The van der Waals surface area contributed by atoms with E-state index in [2.05, 4.69) is 31.9 Å². The fourth-order valence-corrected chi connectivity index (χ4v) is 3.99. The summed E-state index contributed by atoms with van der Waals surface area (Å²) in [6.45, 7) is 3.74. The van der Waals surface area contributed by atoms with Crippen molar-refractivity contribution in [3.05, 3.63) is 87.4 Å². The number of halogens is 1. The van der Waals surface area contributed by atoms with E-state index in [-0.39, 0.29) is 11.0 Å². The third-order valence-corrected chi connectivity index (χ3v) is 5.35. The highest BCUT2D eigenvalue weighted by molar-refractivity contribution is 9.10. The molecule has 0 spiro atoms. The van der Waals surface area contributed by atoms with Crippen LogP contribution in [-0.2, 0) is 0 Å². The Labute approximate surface area is 200 Å². The number of carbonyl (C=O) groups is 2. The van der Waals surface area contributed by atoms with Gasteiger partial charge in [0.15, 0.2) is 5.11 Å². The number of methoxy groups -OCH3 is 1. The van der Waals surface area contributed by atoms with Gasteiger partial charge in [-0.3, -0.25) is 14.9 Å². The maximum atomic E-state index is 12.7. The van der Waals surface area contributed by atoms with Gasteiger partial charge in [-0.25, -0.2) is 0 Å². The summed E-state index contributed by atoms with van der Waals surface area (Å²) < 4.78 is 6.13. The SMILES string of the molecule is COc1c(C)cc(Br)cc1C(=O)NC(=S)Nc1cccc(NC(=O)c2ccccc2C)c1. The zero-order chi connectivity index (χ0) is 23.3. The van der Waals surface area contributed by atoms with Gasteiger partial charge in [0.25, 0.3) is 11.8 Å². The first kappa shape index (κ1) is 23.4. The van der Waals surface area contributed by atoms with Crippen molar-refractivity contribution in [1.29, 1.82) is 0 Å². The summed E-state index contributed by atoms with van der Waals surface area (Å²) in [4.78, 5) is 25.3. The second-order valence-corrected chi connectivity index (χ2v) is 8.39. The van der Waals surface area contributed by atoms with E-state index in [1.807, 2.05) is 38.1 Å². The molecule has 0 saturated carbocycles. The number of ether oxygens (including phenoxy) is 1. The lowest BCUT2D eigenvalue weighted by molar-refractivity contribution is 0.0973. The molecule has 3 aromatic rings. The van der Waals surface area contributed by atoms with Crippen LogP contribution in [0.2, 0.25) is 0 Å². The van der Waals surface area contributed by atoms with Crippen molar-refractivity contribution in [2.75, 3.05) is 17.7 Å². The van der Waals surface area contributed by atoms with E-state index < -0.39 is 5.91 Å². The Morgan fingerprint density at radius 1 is 0.844 bits per heavy atom. The molecule has 164 valence electrons. The van der Waals surface area contributed by atoms with Crippen LogP contribution < -0.4 is 20.7 Å². The molecule has 6 nitrogen and oxygen atoms in total. The lowest BCUT2D eigenvalue weighted by Gasteiger charge is -2.14. The number of thiocarbonyl (C=S) groups is 1. The molecule has 0 fully saturated rings. The lowest BCUT2D eigenvalue weighted by Crippen LogP contribution is -2.34. The summed E-state index contributed by atoms with van der Waals surface area (Å²) in [5.74, 6) is -0.115. The lowest BCUT2D eigenvalue weighted by atomic mass is 10.1. The molecule has 0 heterocycles. The molecule has 0 atom stereocenters. The number of aryl methyl sites for hydroxylation is 2. The van der Waals surface area contributed by atoms with Crippen LogP contribution in [0.3, 0.4) is 0 Å². The van der Waals surface area contributed by atoms with Crippen molar-refractivity contribution in [1.82, 2.24) is 5.32 Å². The zero-order valence-corrected chi connectivity index (χ0v) is 20.2. The van der Waals surface area contributed by atoms with Crippen molar-refractivity contribution >= 4 is 56.4 Å².